The van der Waals surface area contributed by atoms with Gasteiger partial charge in [-0.15, -0.1) is 0 Å². The molecule has 4 aliphatic heterocycles. The summed E-state index contributed by atoms with van der Waals surface area (Å²) in [5.41, 5.74) is -0.548. The number of carbonyl (C=O) groups is 2. The molecule has 4 heterocycles. The molecule has 1 aromatic carbocycles. The minimum absolute atomic E-state index is 0.493. The van der Waals surface area contributed by atoms with Crippen molar-refractivity contribution in [2.45, 2.75) is 99.4 Å². The minimum atomic E-state index is -1.71. The van der Waals surface area contributed by atoms with Crippen LogP contribution in [0.5, 0.6) is 5.75 Å². The van der Waals surface area contributed by atoms with Crippen molar-refractivity contribution in [3.05, 3.63) is 48.2 Å². The zero-order valence-electron chi connectivity index (χ0n) is 27.4. The zero-order valence-corrected chi connectivity index (χ0v) is 27.4. The molecule has 0 unspecified atom stereocenters. The second-order valence-corrected chi connectivity index (χ2v) is 12.8. The maximum absolute atomic E-state index is 12.8. The Morgan fingerprint density at radius 3 is 2.26 bits per heavy atom. The standard InChI is InChI=1S/C33H42O17/c1-14-26(47-20(37)9-6-16-4-7-17(42-3)8-5-16)28(45-15(2)36)25(41)32(44-14)48-27-18-10-11-43-30(21(18)33(13-35)29(27)50-33)49-31-24(40)23(39)22(38)19(12-34)46-31/h4-11,14,18-19,21-32,34-35,38-41H,12-13H2,1-3H3/b9-6-/t14-,18+,19+,21+,22+,23-,24+,25+,26-,27-,28-,29-,30-,31-,32-,33+/m0/s1. The van der Waals surface area contributed by atoms with E-state index in [9.17, 15) is 40.2 Å². The van der Waals surface area contributed by atoms with Gasteiger partial charge in [0, 0.05) is 18.9 Å². The van der Waals surface area contributed by atoms with Gasteiger partial charge in [-0.2, -0.15) is 0 Å². The van der Waals surface area contributed by atoms with Gasteiger partial charge in [0.15, 0.2) is 24.8 Å². The molecule has 6 rings (SSSR count). The summed E-state index contributed by atoms with van der Waals surface area (Å²) in [5, 5.41) is 62.3. The van der Waals surface area contributed by atoms with Gasteiger partial charge in [0.1, 0.15) is 48.0 Å². The van der Waals surface area contributed by atoms with Crippen LogP contribution in [0.25, 0.3) is 6.08 Å². The lowest BCUT2D eigenvalue weighted by Gasteiger charge is -2.44. The molecule has 17 heteroatoms. The average Bonchev–Trinajstić information content (AvgIpc) is 3.78. The fourth-order valence-corrected chi connectivity index (χ4v) is 7.11. The summed E-state index contributed by atoms with van der Waals surface area (Å²) in [7, 11) is 1.54. The largest absolute Gasteiger partial charge is 0.497 e. The van der Waals surface area contributed by atoms with Crippen molar-refractivity contribution in [3.63, 3.8) is 0 Å². The Bertz CT molecular complexity index is 1420. The van der Waals surface area contributed by atoms with Gasteiger partial charge in [0.25, 0.3) is 0 Å². The molecule has 1 aromatic rings. The maximum Gasteiger partial charge on any atom is 0.331 e. The second kappa shape index (κ2) is 14.8. The third kappa shape index (κ3) is 6.88. The molecular weight excluding hydrogens is 668 g/mol. The lowest BCUT2D eigenvalue weighted by atomic mass is 9.85. The van der Waals surface area contributed by atoms with Crippen molar-refractivity contribution < 1.29 is 82.9 Å². The predicted octanol–water partition coefficient (Wildman–Crippen LogP) is -1.89. The fourth-order valence-electron chi connectivity index (χ4n) is 7.11. The van der Waals surface area contributed by atoms with E-state index >= 15 is 0 Å². The molecule has 3 saturated heterocycles. The molecule has 16 atom stereocenters. The normalized spacial score (nSPS) is 43.4. The Labute approximate surface area is 286 Å². The van der Waals surface area contributed by atoms with Crippen molar-refractivity contribution in [2.24, 2.45) is 11.8 Å². The van der Waals surface area contributed by atoms with Crippen LogP contribution >= 0.6 is 0 Å². The lowest BCUT2D eigenvalue weighted by Crippen LogP contribution is -2.61. The SMILES string of the molecule is COc1ccc(/C=C\C(=O)O[C@@H]2[C@@H](OC(C)=O)[C@@H](O)[C@H](O[C@H]3[C@@H]4C=CO[C@@H](O[C@@H]5O[C@H](CO)[C@@H](O)[C@H](O)[C@H]5O)[C@@H]4[C@@]4(CO)O[C@@H]34)O[C@H]2C)cc1. The van der Waals surface area contributed by atoms with E-state index in [1.54, 1.807) is 37.3 Å². The van der Waals surface area contributed by atoms with Crippen LogP contribution in [0.3, 0.4) is 0 Å². The van der Waals surface area contributed by atoms with Crippen LogP contribution < -0.4 is 4.74 Å². The Morgan fingerprint density at radius 2 is 1.60 bits per heavy atom. The summed E-state index contributed by atoms with van der Waals surface area (Å²) in [5.74, 6) is -2.23. The van der Waals surface area contributed by atoms with Crippen LogP contribution in [0.1, 0.15) is 19.4 Å². The van der Waals surface area contributed by atoms with Gasteiger partial charge in [-0.3, -0.25) is 4.79 Å². The van der Waals surface area contributed by atoms with Gasteiger partial charge in [0.2, 0.25) is 6.29 Å². The first-order chi connectivity index (χ1) is 23.9. The number of esters is 2. The van der Waals surface area contributed by atoms with Gasteiger partial charge < -0.3 is 73.3 Å². The number of hydrogen-bond donors (Lipinski definition) is 6. The van der Waals surface area contributed by atoms with Crippen LogP contribution in [0.2, 0.25) is 0 Å². The van der Waals surface area contributed by atoms with E-state index < -0.39 is 122 Å². The van der Waals surface area contributed by atoms with Gasteiger partial charge in [-0.25, -0.2) is 4.79 Å². The summed E-state index contributed by atoms with van der Waals surface area (Å²) in [6.07, 6.45) is -11.5. The van der Waals surface area contributed by atoms with Crippen LogP contribution in [0.4, 0.5) is 0 Å². The highest BCUT2D eigenvalue weighted by Crippen LogP contribution is 2.61. The number of ether oxygens (including phenoxy) is 9. The van der Waals surface area contributed by atoms with Gasteiger partial charge >= 0.3 is 11.9 Å². The molecule has 50 heavy (non-hydrogen) atoms. The van der Waals surface area contributed by atoms with Crippen molar-refractivity contribution in [1.29, 1.82) is 0 Å². The van der Waals surface area contributed by atoms with Gasteiger partial charge in [-0.1, -0.05) is 12.1 Å². The molecule has 0 amide bonds. The van der Waals surface area contributed by atoms with Crippen molar-refractivity contribution in [2.75, 3.05) is 20.3 Å². The van der Waals surface area contributed by atoms with E-state index in [1.807, 2.05) is 0 Å². The highest BCUT2D eigenvalue weighted by Gasteiger charge is 2.77. The summed E-state index contributed by atoms with van der Waals surface area (Å²) in [4.78, 5) is 24.9. The number of aliphatic hydroxyl groups excluding tert-OH is 6. The molecule has 0 aromatic heterocycles. The molecule has 0 spiro atoms. The average molecular weight is 711 g/mol. The van der Waals surface area contributed by atoms with Crippen LogP contribution in [0.15, 0.2) is 42.7 Å². The Morgan fingerprint density at radius 1 is 0.880 bits per heavy atom. The summed E-state index contributed by atoms with van der Waals surface area (Å²) in [6.45, 7) is 1.54. The smallest absolute Gasteiger partial charge is 0.331 e. The molecule has 0 bridgehead atoms. The van der Waals surface area contributed by atoms with Crippen LogP contribution in [0, 0.1) is 11.8 Å². The lowest BCUT2D eigenvalue weighted by molar-refractivity contribution is -0.347. The number of methoxy groups -OCH3 is 1. The topological polar surface area (TPSA) is 242 Å². The number of aliphatic hydroxyl groups is 6. The third-order valence-electron chi connectivity index (χ3n) is 9.72. The molecule has 276 valence electrons. The number of rotatable bonds is 11. The Hall–Kier alpha value is -3.20. The third-order valence-corrected chi connectivity index (χ3v) is 9.72. The summed E-state index contributed by atoms with van der Waals surface area (Å²) < 4.78 is 51.4. The number of benzene rings is 1. The van der Waals surface area contributed by atoms with Crippen molar-refractivity contribution >= 4 is 18.0 Å². The number of fused-ring (bicyclic) bond motifs is 3. The van der Waals surface area contributed by atoms with E-state index in [4.69, 9.17) is 42.6 Å². The van der Waals surface area contributed by atoms with E-state index in [-0.39, 0.29) is 0 Å². The van der Waals surface area contributed by atoms with Crippen LogP contribution in [-0.2, 0) is 47.5 Å². The van der Waals surface area contributed by atoms with Gasteiger partial charge in [0.05, 0.1) is 44.7 Å². The fraction of sp³-hybridized carbons (Fsp3) is 0.636. The first-order valence-corrected chi connectivity index (χ1v) is 16.2. The van der Waals surface area contributed by atoms with Crippen molar-refractivity contribution in [1.82, 2.24) is 0 Å². The van der Waals surface area contributed by atoms with E-state index in [1.165, 1.54) is 25.5 Å². The first kappa shape index (κ1) is 36.6. The quantitative estimate of drug-likeness (QED) is 0.0835. The van der Waals surface area contributed by atoms with E-state index in [0.29, 0.717) is 11.3 Å². The minimum Gasteiger partial charge on any atom is -0.497 e. The van der Waals surface area contributed by atoms with Crippen molar-refractivity contribution in [3.8, 4) is 5.75 Å². The number of hydrogen-bond acceptors (Lipinski definition) is 17. The van der Waals surface area contributed by atoms with E-state index in [0.717, 1.165) is 6.92 Å². The zero-order chi connectivity index (χ0) is 35.9. The Balaban J connectivity index is 1.15. The maximum atomic E-state index is 12.8. The summed E-state index contributed by atoms with van der Waals surface area (Å²) >= 11 is 0. The van der Waals surface area contributed by atoms with Gasteiger partial charge in [-0.05, 0) is 36.8 Å². The molecule has 0 radical (unpaired) electrons. The number of epoxide rings is 1. The monoisotopic (exact) mass is 710 g/mol. The predicted molar refractivity (Wildman–Crippen MR) is 163 cm³/mol. The molecular formula is C33H42O17. The molecule has 4 fully saturated rings. The highest BCUT2D eigenvalue weighted by atomic mass is 16.8. The molecule has 1 saturated carbocycles. The number of carbonyl (C=O) groups excluding carboxylic acids is 2. The Kier molecular flexibility index (Phi) is 10.8. The second-order valence-electron chi connectivity index (χ2n) is 12.8. The molecule has 5 aliphatic rings. The molecule has 17 nitrogen and oxygen atoms in total. The molecule has 1 aliphatic carbocycles. The highest BCUT2D eigenvalue weighted by molar-refractivity contribution is 5.87. The van der Waals surface area contributed by atoms with Crippen LogP contribution in [-0.4, -0.2) is 148 Å². The molecule has 6 N–H and O–H groups in total. The first-order valence-electron chi connectivity index (χ1n) is 16.2. The van der Waals surface area contributed by atoms with E-state index in [2.05, 4.69) is 0 Å². The summed E-state index contributed by atoms with van der Waals surface area (Å²) in [6, 6.07) is 6.93.